The van der Waals surface area contributed by atoms with Crippen LogP contribution in [0.5, 0.6) is 5.75 Å². The molecule has 1 N–H and O–H groups in total. The van der Waals surface area contributed by atoms with E-state index < -0.39 is 31.7 Å². The maximum atomic E-state index is 14.0. The van der Waals surface area contributed by atoms with Crippen LogP contribution < -0.4 is 10.1 Å². The molecule has 4 rings (SSSR count). The molecule has 2 heterocycles. The van der Waals surface area contributed by atoms with Gasteiger partial charge in [-0.2, -0.15) is 8.67 Å². The van der Waals surface area contributed by atoms with Gasteiger partial charge in [-0.25, -0.2) is 27.0 Å². The van der Waals surface area contributed by atoms with Crippen molar-refractivity contribution in [3.8, 4) is 5.75 Å². The number of aryl methyl sites for hydroxylation is 1. The van der Waals surface area contributed by atoms with Crippen LogP contribution >= 0.6 is 0 Å². The first kappa shape index (κ1) is 24.3. The van der Waals surface area contributed by atoms with Gasteiger partial charge < -0.3 is 10.1 Å². The van der Waals surface area contributed by atoms with Crippen LogP contribution in [0.15, 0.2) is 41.0 Å². The molecule has 0 spiro atoms. The van der Waals surface area contributed by atoms with Gasteiger partial charge in [0.1, 0.15) is 29.8 Å². The van der Waals surface area contributed by atoms with Gasteiger partial charge in [0.25, 0.3) is 0 Å². The van der Waals surface area contributed by atoms with Crippen LogP contribution in [0.2, 0.25) is 0 Å². The number of aromatic nitrogens is 2. The van der Waals surface area contributed by atoms with E-state index in [4.69, 9.17) is 4.74 Å². The number of ether oxygens (including phenoxy) is 1. The Morgan fingerprint density at radius 1 is 1.15 bits per heavy atom. The lowest BCUT2D eigenvalue weighted by Gasteiger charge is -2.19. The third kappa shape index (κ3) is 5.62. The summed E-state index contributed by atoms with van der Waals surface area (Å²) in [4.78, 5) is 8.69. The Hall–Kier alpha value is -2.83. The lowest BCUT2D eigenvalue weighted by Crippen LogP contribution is -2.30. The average Bonchev–Trinajstić information content (AvgIpc) is 3.18. The van der Waals surface area contributed by atoms with E-state index in [9.17, 15) is 17.0 Å². The van der Waals surface area contributed by atoms with Crippen molar-refractivity contribution >= 4 is 47.8 Å². The lowest BCUT2D eigenvalue weighted by molar-refractivity contribution is 0.216. The number of fused-ring (bicyclic) bond motifs is 1. The first-order chi connectivity index (χ1) is 15.9. The molecule has 1 atom stereocenters. The largest absolute Gasteiger partial charge is 0.487 e. The maximum Gasteiger partial charge on any atom is 0.211 e. The van der Waals surface area contributed by atoms with E-state index in [0.717, 1.165) is 17.2 Å². The number of sulfonamides is 1. The normalized spacial score (nSPS) is 17.1. The van der Waals surface area contributed by atoms with E-state index in [1.54, 1.807) is 24.6 Å². The van der Waals surface area contributed by atoms with Gasteiger partial charge in [0.05, 0.1) is 29.7 Å². The van der Waals surface area contributed by atoms with E-state index in [1.165, 1.54) is 22.8 Å². The molecule has 2 aromatic carbocycles. The van der Waals surface area contributed by atoms with Crippen molar-refractivity contribution in [2.24, 2.45) is 4.36 Å². The number of rotatable bonds is 6. The third-order valence-electron chi connectivity index (χ3n) is 5.31. The second-order valence-electron chi connectivity index (χ2n) is 8.57. The fraction of sp³-hybridized carbons (Fsp3) is 0.364. The van der Waals surface area contributed by atoms with Gasteiger partial charge in [0, 0.05) is 40.2 Å². The highest BCUT2D eigenvalue weighted by atomic mass is 32.2. The van der Waals surface area contributed by atoms with Gasteiger partial charge >= 0.3 is 0 Å². The van der Waals surface area contributed by atoms with Crippen molar-refractivity contribution in [2.45, 2.75) is 19.4 Å². The van der Waals surface area contributed by atoms with Gasteiger partial charge in [-0.1, -0.05) is 0 Å². The second-order valence-corrected chi connectivity index (χ2v) is 13.1. The Morgan fingerprint density at radius 2 is 1.91 bits per heavy atom. The Morgan fingerprint density at radius 3 is 2.59 bits per heavy atom. The second kappa shape index (κ2) is 9.08. The fourth-order valence-corrected chi connectivity index (χ4v) is 5.36. The van der Waals surface area contributed by atoms with E-state index >= 15 is 0 Å². The molecule has 3 aromatic rings. The summed E-state index contributed by atoms with van der Waals surface area (Å²) in [6, 6.07) is 7.66. The smallest absolute Gasteiger partial charge is 0.211 e. The van der Waals surface area contributed by atoms with Crippen LogP contribution in [-0.4, -0.2) is 64.9 Å². The molecule has 0 saturated carbocycles. The van der Waals surface area contributed by atoms with Crippen molar-refractivity contribution in [1.29, 1.82) is 0 Å². The lowest BCUT2D eigenvalue weighted by atomic mass is 10.1. The summed E-state index contributed by atoms with van der Waals surface area (Å²) in [5, 5.41) is 3.94. The van der Waals surface area contributed by atoms with Crippen LogP contribution in [-0.2, 0) is 19.8 Å². The fourth-order valence-electron chi connectivity index (χ4n) is 3.87. The van der Waals surface area contributed by atoms with Crippen molar-refractivity contribution < 1.29 is 21.8 Å². The molecule has 1 aromatic heterocycles. The Bertz CT molecular complexity index is 1480. The highest BCUT2D eigenvalue weighted by Gasteiger charge is 2.30. The number of nitrogens with zero attached hydrogens (tertiary/aromatic N) is 4. The average molecular weight is 508 g/mol. The van der Waals surface area contributed by atoms with Gasteiger partial charge in [0.15, 0.2) is 0 Å². The quantitative estimate of drug-likeness (QED) is 0.542. The summed E-state index contributed by atoms with van der Waals surface area (Å²) >= 11 is 0. The van der Waals surface area contributed by atoms with E-state index in [1.807, 2.05) is 13.0 Å². The number of anilines is 2. The van der Waals surface area contributed by atoms with Crippen LogP contribution in [0, 0.1) is 12.7 Å². The molecule has 34 heavy (non-hydrogen) atoms. The number of hydrogen-bond donors (Lipinski definition) is 1. The minimum atomic E-state index is -3.32. The molecule has 1 fully saturated rings. The summed E-state index contributed by atoms with van der Waals surface area (Å²) in [6.07, 6.45) is 5.79. The molecule has 0 bridgehead atoms. The molecule has 0 aliphatic carbocycles. The molecule has 182 valence electrons. The number of hydrogen-bond acceptors (Lipinski definition) is 8. The molecular formula is C22H26FN5O4S2. The van der Waals surface area contributed by atoms with Gasteiger partial charge in [-0.3, -0.25) is 0 Å². The predicted molar refractivity (Wildman–Crippen MR) is 131 cm³/mol. The zero-order chi connectivity index (χ0) is 24.7. The van der Waals surface area contributed by atoms with Crippen LogP contribution in [0.1, 0.15) is 12.0 Å². The predicted octanol–water partition coefficient (Wildman–Crippen LogP) is 3.59. The Labute approximate surface area is 198 Å². The molecule has 1 aliphatic heterocycles. The van der Waals surface area contributed by atoms with Gasteiger partial charge in [-0.15, -0.1) is 0 Å². The summed E-state index contributed by atoms with van der Waals surface area (Å²) in [7, 11) is -5.65. The number of halogens is 1. The minimum absolute atomic E-state index is 0.203. The summed E-state index contributed by atoms with van der Waals surface area (Å²) in [5.41, 5.74) is 2.49. The molecule has 9 nitrogen and oxygen atoms in total. The molecule has 0 radical (unpaired) electrons. The molecule has 1 saturated heterocycles. The molecule has 1 unspecified atom stereocenters. The third-order valence-corrected chi connectivity index (χ3v) is 7.23. The topological polar surface area (TPSA) is 114 Å². The molecule has 12 heteroatoms. The van der Waals surface area contributed by atoms with E-state index in [2.05, 4.69) is 19.6 Å². The molecular weight excluding hydrogens is 481 g/mol. The summed E-state index contributed by atoms with van der Waals surface area (Å²) < 4.78 is 61.4. The maximum absolute atomic E-state index is 14.0. The first-order valence-corrected chi connectivity index (χ1v) is 14.7. The first-order valence-electron chi connectivity index (χ1n) is 10.5. The zero-order valence-corrected chi connectivity index (χ0v) is 20.9. The summed E-state index contributed by atoms with van der Waals surface area (Å²) in [5.74, 6) is 0.271. The van der Waals surface area contributed by atoms with Gasteiger partial charge in [-0.05, 0) is 43.2 Å². The van der Waals surface area contributed by atoms with Crippen LogP contribution in [0.3, 0.4) is 0 Å². The number of benzene rings is 2. The minimum Gasteiger partial charge on any atom is -0.487 e. The number of nitrogens with one attached hydrogen (secondary N) is 1. The Kier molecular flexibility index (Phi) is 6.49. The van der Waals surface area contributed by atoms with Crippen LogP contribution in [0.4, 0.5) is 21.6 Å². The Balaban J connectivity index is 1.67. The standard InChI is InChI=1S/C22H26FN5O4S2/c1-14-9-16(27-33(2,3)29)11-19-21(14)22(25-13-24-19)26-18-6-5-15(23)10-20(18)32-17-7-8-28(12-17)34(4,30)31/h5-6,9-11,13,17H,7-8,12H2,1-4H3,(H,24,25,26). The molecule has 0 amide bonds. The monoisotopic (exact) mass is 507 g/mol. The van der Waals surface area contributed by atoms with Crippen molar-refractivity contribution in [1.82, 2.24) is 14.3 Å². The van der Waals surface area contributed by atoms with Crippen molar-refractivity contribution in [3.63, 3.8) is 0 Å². The molecule has 1 aliphatic rings. The SMILES string of the molecule is Cc1cc(N=S(C)(C)=O)cc2ncnc(Nc3ccc(F)cc3OC3CCN(S(C)(=O)=O)C3)c12. The van der Waals surface area contributed by atoms with Crippen LogP contribution in [0.25, 0.3) is 10.9 Å². The summed E-state index contributed by atoms with van der Waals surface area (Å²) in [6.45, 7) is 2.44. The van der Waals surface area contributed by atoms with E-state index in [-0.39, 0.29) is 12.3 Å². The van der Waals surface area contributed by atoms with Gasteiger partial charge in [0.2, 0.25) is 10.0 Å². The van der Waals surface area contributed by atoms with E-state index in [0.29, 0.717) is 35.7 Å². The highest BCUT2D eigenvalue weighted by molar-refractivity contribution is 7.92. The van der Waals surface area contributed by atoms with Crippen molar-refractivity contribution in [2.75, 3.05) is 37.2 Å². The zero-order valence-electron chi connectivity index (χ0n) is 19.3. The van der Waals surface area contributed by atoms with Crippen molar-refractivity contribution in [3.05, 3.63) is 48.0 Å². The highest BCUT2D eigenvalue weighted by Crippen LogP contribution is 2.34.